The third kappa shape index (κ3) is 1.65. The zero-order chi connectivity index (χ0) is 11.0. The third-order valence-corrected chi connectivity index (χ3v) is 3.05. The summed E-state index contributed by atoms with van der Waals surface area (Å²) in [6.45, 7) is 6.14. The minimum atomic E-state index is 0.725. The smallest absolute Gasteiger partial charge is 0.0835 e. The highest BCUT2D eigenvalue weighted by Gasteiger charge is 2.10. The van der Waals surface area contributed by atoms with Gasteiger partial charge in [-0.1, -0.05) is 23.7 Å². The molecule has 0 radical (unpaired) electrons. The molecular weight excluding hydrogens is 208 g/mol. The van der Waals surface area contributed by atoms with Crippen molar-refractivity contribution in [3.8, 4) is 5.69 Å². The summed E-state index contributed by atoms with van der Waals surface area (Å²) in [5.41, 5.74) is 4.34. The standard InChI is InChI=1S/C12H13ClN2/c1-8-9(2)14-15(10(8)3)12-7-5-4-6-11(12)13/h4-7H,1-3H3. The van der Waals surface area contributed by atoms with Gasteiger partial charge in [0.15, 0.2) is 0 Å². The normalized spacial score (nSPS) is 10.7. The van der Waals surface area contributed by atoms with Gasteiger partial charge in [-0.25, -0.2) is 4.68 Å². The van der Waals surface area contributed by atoms with Crippen LogP contribution in [-0.2, 0) is 0 Å². The van der Waals surface area contributed by atoms with Crippen LogP contribution in [0.25, 0.3) is 5.69 Å². The van der Waals surface area contributed by atoms with Crippen LogP contribution in [0.15, 0.2) is 24.3 Å². The molecule has 3 heteroatoms. The maximum absolute atomic E-state index is 6.13. The van der Waals surface area contributed by atoms with E-state index < -0.39 is 0 Å². The van der Waals surface area contributed by atoms with Gasteiger partial charge in [0.05, 0.1) is 16.4 Å². The van der Waals surface area contributed by atoms with Crippen molar-refractivity contribution in [2.24, 2.45) is 0 Å². The Kier molecular flexibility index (Phi) is 2.53. The second kappa shape index (κ2) is 3.70. The van der Waals surface area contributed by atoms with Crippen molar-refractivity contribution < 1.29 is 0 Å². The fraction of sp³-hybridized carbons (Fsp3) is 0.250. The van der Waals surface area contributed by atoms with Crippen LogP contribution in [0.2, 0.25) is 5.02 Å². The second-order valence-electron chi connectivity index (χ2n) is 3.66. The summed E-state index contributed by atoms with van der Waals surface area (Å²) in [5, 5.41) is 5.20. The summed E-state index contributed by atoms with van der Waals surface area (Å²) in [6.07, 6.45) is 0. The lowest BCUT2D eigenvalue weighted by molar-refractivity contribution is 0.833. The van der Waals surface area contributed by atoms with Crippen molar-refractivity contribution in [1.29, 1.82) is 0 Å². The molecule has 2 aromatic rings. The summed E-state index contributed by atoms with van der Waals surface area (Å²) >= 11 is 6.13. The topological polar surface area (TPSA) is 17.8 Å². The van der Waals surface area contributed by atoms with Gasteiger partial charge in [-0.2, -0.15) is 5.10 Å². The average Bonchev–Trinajstić information content (AvgIpc) is 2.47. The molecule has 1 aromatic carbocycles. The molecule has 78 valence electrons. The number of aromatic nitrogens is 2. The Morgan fingerprint density at radius 3 is 2.33 bits per heavy atom. The number of hydrogen-bond donors (Lipinski definition) is 0. The summed E-state index contributed by atoms with van der Waals surface area (Å²) in [7, 11) is 0. The average molecular weight is 221 g/mol. The van der Waals surface area contributed by atoms with Crippen molar-refractivity contribution in [1.82, 2.24) is 9.78 Å². The first kappa shape index (κ1) is 10.2. The van der Waals surface area contributed by atoms with Gasteiger partial charge < -0.3 is 0 Å². The van der Waals surface area contributed by atoms with Gasteiger partial charge in [0, 0.05) is 5.69 Å². The minimum Gasteiger partial charge on any atom is -0.236 e. The maximum atomic E-state index is 6.13. The van der Waals surface area contributed by atoms with E-state index in [9.17, 15) is 0 Å². The first-order chi connectivity index (χ1) is 7.11. The molecule has 0 aliphatic heterocycles. The SMILES string of the molecule is Cc1nn(-c2ccccc2Cl)c(C)c1C. The quantitative estimate of drug-likeness (QED) is 0.720. The largest absolute Gasteiger partial charge is 0.236 e. The van der Waals surface area contributed by atoms with Crippen LogP contribution in [-0.4, -0.2) is 9.78 Å². The van der Waals surface area contributed by atoms with Crippen molar-refractivity contribution in [2.45, 2.75) is 20.8 Å². The van der Waals surface area contributed by atoms with Crippen molar-refractivity contribution in [2.75, 3.05) is 0 Å². The van der Waals surface area contributed by atoms with Gasteiger partial charge in [-0.3, -0.25) is 0 Å². The number of aryl methyl sites for hydroxylation is 1. The van der Waals surface area contributed by atoms with Crippen LogP contribution >= 0.6 is 11.6 Å². The first-order valence-electron chi connectivity index (χ1n) is 4.89. The fourth-order valence-corrected chi connectivity index (χ4v) is 1.79. The van der Waals surface area contributed by atoms with E-state index in [2.05, 4.69) is 18.9 Å². The van der Waals surface area contributed by atoms with E-state index in [1.165, 1.54) is 5.56 Å². The predicted octanol–water partition coefficient (Wildman–Crippen LogP) is 3.45. The van der Waals surface area contributed by atoms with E-state index in [0.717, 1.165) is 22.1 Å². The Bertz CT molecular complexity index is 500. The molecule has 0 amide bonds. The highest BCUT2D eigenvalue weighted by Crippen LogP contribution is 2.22. The molecule has 0 saturated carbocycles. The second-order valence-corrected chi connectivity index (χ2v) is 4.07. The molecule has 0 N–H and O–H groups in total. The van der Waals surface area contributed by atoms with Gasteiger partial charge in [0.25, 0.3) is 0 Å². The Morgan fingerprint density at radius 2 is 1.80 bits per heavy atom. The molecule has 0 bridgehead atoms. The van der Waals surface area contributed by atoms with Crippen molar-refractivity contribution in [3.63, 3.8) is 0 Å². The Labute approximate surface area is 94.5 Å². The third-order valence-electron chi connectivity index (χ3n) is 2.73. The highest BCUT2D eigenvalue weighted by molar-refractivity contribution is 6.32. The molecule has 0 atom stereocenters. The van der Waals surface area contributed by atoms with Gasteiger partial charge in [0.2, 0.25) is 0 Å². The molecule has 0 spiro atoms. The molecule has 1 heterocycles. The summed E-state index contributed by atoms with van der Waals surface area (Å²) < 4.78 is 1.90. The van der Waals surface area contributed by atoms with Crippen molar-refractivity contribution in [3.05, 3.63) is 46.2 Å². The Morgan fingerprint density at radius 1 is 1.13 bits per heavy atom. The van der Waals surface area contributed by atoms with E-state index in [4.69, 9.17) is 11.6 Å². The molecule has 0 aliphatic carbocycles. The molecule has 0 saturated heterocycles. The maximum Gasteiger partial charge on any atom is 0.0835 e. The monoisotopic (exact) mass is 220 g/mol. The number of rotatable bonds is 1. The van der Waals surface area contributed by atoms with Crippen LogP contribution in [0.5, 0.6) is 0 Å². The molecular formula is C12H13ClN2. The summed E-state index contributed by atoms with van der Waals surface area (Å²) in [5.74, 6) is 0. The summed E-state index contributed by atoms with van der Waals surface area (Å²) in [4.78, 5) is 0. The van der Waals surface area contributed by atoms with Gasteiger partial charge in [-0.15, -0.1) is 0 Å². The number of hydrogen-bond acceptors (Lipinski definition) is 1. The van der Waals surface area contributed by atoms with Gasteiger partial charge >= 0.3 is 0 Å². The zero-order valence-electron chi connectivity index (χ0n) is 9.08. The van der Waals surface area contributed by atoms with E-state index in [0.29, 0.717) is 0 Å². The Balaban J connectivity index is 2.65. The van der Waals surface area contributed by atoms with Crippen LogP contribution in [0.1, 0.15) is 17.0 Å². The summed E-state index contributed by atoms with van der Waals surface area (Å²) in [6, 6.07) is 7.74. The number of para-hydroxylation sites is 1. The number of nitrogens with zero attached hydrogens (tertiary/aromatic N) is 2. The van der Waals surface area contributed by atoms with E-state index in [1.807, 2.05) is 35.9 Å². The van der Waals surface area contributed by atoms with Gasteiger partial charge in [0.1, 0.15) is 0 Å². The van der Waals surface area contributed by atoms with Gasteiger partial charge in [-0.05, 0) is 38.5 Å². The molecule has 1 aromatic heterocycles. The zero-order valence-corrected chi connectivity index (χ0v) is 9.84. The fourth-order valence-electron chi connectivity index (χ4n) is 1.58. The Hall–Kier alpha value is -1.28. The molecule has 2 rings (SSSR count). The van der Waals surface area contributed by atoms with Crippen LogP contribution in [0.3, 0.4) is 0 Å². The highest BCUT2D eigenvalue weighted by atomic mass is 35.5. The van der Waals surface area contributed by atoms with Crippen LogP contribution in [0, 0.1) is 20.8 Å². The first-order valence-corrected chi connectivity index (χ1v) is 5.27. The van der Waals surface area contributed by atoms with Crippen molar-refractivity contribution >= 4 is 11.6 Å². The lowest BCUT2D eigenvalue weighted by Crippen LogP contribution is -1.99. The van der Waals surface area contributed by atoms with Crippen LogP contribution < -0.4 is 0 Å². The molecule has 2 nitrogen and oxygen atoms in total. The minimum absolute atomic E-state index is 0.725. The number of benzene rings is 1. The predicted molar refractivity (Wildman–Crippen MR) is 62.8 cm³/mol. The molecule has 0 aliphatic rings. The lowest BCUT2D eigenvalue weighted by Gasteiger charge is -2.06. The molecule has 0 fully saturated rings. The van der Waals surface area contributed by atoms with E-state index >= 15 is 0 Å². The number of halogens is 1. The van der Waals surface area contributed by atoms with E-state index in [1.54, 1.807) is 0 Å². The molecule has 15 heavy (non-hydrogen) atoms. The lowest BCUT2D eigenvalue weighted by atomic mass is 10.2. The van der Waals surface area contributed by atoms with Crippen LogP contribution in [0.4, 0.5) is 0 Å². The molecule has 0 unspecified atom stereocenters. The van der Waals surface area contributed by atoms with E-state index in [-0.39, 0.29) is 0 Å².